The lowest BCUT2D eigenvalue weighted by atomic mass is 9.89. The maximum absolute atomic E-state index is 5.66. The van der Waals surface area contributed by atoms with E-state index in [9.17, 15) is 0 Å². The first-order valence-corrected chi connectivity index (χ1v) is 9.72. The molecule has 148 valence electrons. The molecule has 2 saturated heterocycles. The number of hydrogen-bond acceptors (Lipinski definition) is 3. The molecule has 0 aromatic heterocycles. The highest BCUT2D eigenvalue weighted by atomic mass is 127. The van der Waals surface area contributed by atoms with E-state index in [1.165, 1.54) is 38.9 Å². The number of likely N-dealkylation sites (tertiary alicyclic amines) is 2. The van der Waals surface area contributed by atoms with Crippen LogP contribution in [-0.4, -0.2) is 74.8 Å². The van der Waals surface area contributed by atoms with E-state index in [0.717, 1.165) is 38.1 Å². The van der Waals surface area contributed by atoms with Gasteiger partial charge in [0.15, 0.2) is 5.96 Å². The fraction of sp³-hybridized carbons (Fsp3) is 0.947. The summed E-state index contributed by atoms with van der Waals surface area (Å²) in [6.45, 7) is 16.5. The molecule has 0 amide bonds. The molecule has 0 bridgehead atoms. The van der Waals surface area contributed by atoms with Crippen LogP contribution in [0.3, 0.4) is 0 Å². The quantitative estimate of drug-likeness (QED) is 0.371. The van der Waals surface area contributed by atoms with E-state index < -0.39 is 0 Å². The first-order chi connectivity index (χ1) is 11.4. The van der Waals surface area contributed by atoms with Gasteiger partial charge in [-0.25, -0.2) is 0 Å². The van der Waals surface area contributed by atoms with Gasteiger partial charge in [0, 0.05) is 33.3 Å². The van der Waals surface area contributed by atoms with Crippen molar-refractivity contribution in [3.8, 4) is 0 Å². The molecule has 2 aliphatic rings. The van der Waals surface area contributed by atoms with Crippen molar-refractivity contribution < 1.29 is 4.74 Å². The molecule has 1 N–H and O–H groups in total. The third-order valence-electron chi connectivity index (χ3n) is 5.29. The highest BCUT2D eigenvalue weighted by Gasteiger charge is 2.28. The summed E-state index contributed by atoms with van der Waals surface area (Å²) in [5.41, 5.74) is 0.110. The molecule has 25 heavy (non-hydrogen) atoms. The van der Waals surface area contributed by atoms with Crippen LogP contribution in [0.1, 0.15) is 47.0 Å². The summed E-state index contributed by atoms with van der Waals surface area (Å²) < 4.78 is 5.66. The molecule has 2 heterocycles. The number of nitrogens with one attached hydrogen (secondary N) is 1. The number of guanidine groups is 1. The number of halogens is 1. The molecule has 0 aliphatic carbocycles. The van der Waals surface area contributed by atoms with Gasteiger partial charge in [0.25, 0.3) is 0 Å². The predicted octanol–water partition coefficient (Wildman–Crippen LogP) is 3.05. The predicted molar refractivity (Wildman–Crippen MR) is 117 cm³/mol. The molecule has 2 rings (SSSR count). The van der Waals surface area contributed by atoms with Crippen LogP contribution in [-0.2, 0) is 4.74 Å². The van der Waals surface area contributed by atoms with Crippen molar-refractivity contribution in [2.24, 2.45) is 16.3 Å². The fourth-order valence-electron chi connectivity index (χ4n) is 3.80. The summed E-state index contributed by atoms with van der Waals surface area (Å²) in [4.78, 5) is 9.97. The van der Waals surface area contributed by atoms with Gasteiger partial charge in [-0.2, -0.15) is 0 Å². The Morgan fingerprint density at radius 1 is 1.24 bits per heavy atom. The summed E-state index contributed by atoms with van der Waals surface area (Å²) in [7, 11) is 1.79. The Bertz CT molecular complexity index is 405. The fourth-order valence-corrected chi connectivity index (χ4v) is 3.80. The zero-order valence-corrected chi connectivity index (χ0v) is 19.2. The van der Waals surface area contributed by atoms with Crippen LogP contribution in [0, 0.1) is 11.3 Å². The average Bonchev–Trinajstić information content (AvgIpc) is 3.18. The summed E-state index contributed by atoms with van der Waals surface area (Å²) in [5, 5.41) is 3.48. The molecule has 0 saturated carbocycles. The zero-order valence-electron chi connectivity index (χ0n) is 16.9. The first kappa shape index (κ1) is 23.0. The standard InChI is InChI=1S/C19H38N4O.HI/c1-6-20-18(21-13-17(24-5)19(2,3)4)23-12-9-16(15-23)14-22-10-7-8-11-22;/h16-17H,6-15H2,1-5H3,(H,20,21);1H. The molecule has 0 aromatic carbocycles. The Hall–Kier alpha value is -0.0800. The van der Waals surface area contributed by atoms with Crippen LogP contribution in [0.4, 0.5) is 0 Å². The SMILES string of the molecule is CCNC(=NCC(OC)C(C)(C)C)N1CCC(CN2CCCC2)C1.I. The van der Waals surface area contributed by atoms with Crippen LogP contribution in [0.2, 0.25) is 0 Å². The number of methoxy groups -OCH3 is 1. The minimum atomic E-state index is 0. The molecular weight excluding hydrogens is 427 g/mol. The second-order valence-corrected chi connectivity index (χ2v) is 8.39. The van der Waals surface area contributed by atoms with E-state index in [0.29, 0.717) is 0 Å². The Morgan fingerprint density at radius 3 is 2.48 bits per heavy atom. The van der Waals surface area contributed by atoms with E-state index >= 15 is 0 Å². The molecular formula is C19H39IN4O. The van der Waals surface area contributed by atoms with Gasteiger partial charge in [-0.1, -0.05) is 20.8 Å². The number of rotatable bonds is 6. The summed E-state index contributed by atoms with van der Waals surface area (Å²) in [5.74, 6) is 1.85. The van der Waals surface area contributed by atoms with Crippen molar-refractivity contribution in [2.75, 3.05) is 52.9 Å². The van der Waals surface area contributed by atoms with E-state index in [2.05, 4.69) is 42.8 Å². The molecule has 2 aliphatic heterocycles. The van der Waals surface area contributed by atoms with E-state index in [1.807, 2.05) is 0 Å². The Labute approximate surface area is 172 Å². The number of aliphatic imine (C=N–C) groups is 1. The Morgan fingerprint density at radius 2 is 1.92 bits per heavy atom. The van der Waals surface area contributed by atoms with Crippen molar-refractivity contribution in [3.05, 3.63) is 0 Å². The molecule has 6 heteroatoms. The minimum Gasteiger partial charge on any atom is -0.379 e. The minimum absolute atomic E-state index is 0. The summed E-state index contributed by atoms with van der Waals surface area (Å²) >= 11 is 0. The lowest BCUT2D eigenvalue weighted by molar-refractivity contribution is 0.0240. The molecule has 0 aromatic rings. The molecule has 2 unspecified atom stereocenters. The van der Waals surface area contributed by atoms with Gasteiger partial charge in [-0.3, -0.25) is 4.99 Å². The Kier molecular flexibility index (Phi) is 10.0. The smallest absolute Gasteiger partial charge is 0.194 e. The summed E-state index contributed by atoms with van der Waals surface area (Å²) in [6, 6.07) is 0. The maximum Gasteiger partial charge on any atom is 0.194 e. The van der Waals surface area contributed by atoms with Gasteiger partial charge in [0.2, 0.25) is 0 Å². The largest absolute Gasteiger partial charge is 0.379 e. The van der Waals surface area contributed by atoms with Crippen molar-refractivity contribution in [3.63, 3.8) is 0 Å². The van der Waals surface area contributed by atoms with Crippen LogP contribution < -0.4 is 5.32 Å². The van der Waals surface area contributed by atoms with Crippen LogP contribution in [0.15, 0.2) is 4.99 Å². The van der Waals surface area contributed by atoms with Crippen molar-refractivity contribution in [1.29, 1.82) is 0 Å². The van der Waals surface area contributed by atoms with Gasteiger partial charge in [-0.05, 0) is 50.6 Å². The monoisotopic (exact) mass is 466 g/mol. The van der Waals surface area contributed by atoms with Crippen LogP contribution >= 0.6 is 24.0 Å². The Balaban J connectivity index is 0.00000312. The second-order valence-electron chi connectivity index (χ2n) is 8.39. The van der Waals surface area contributed by atoms with Crippen LogP contribution in [0.5, 0.6) is 0 Å². The number of hydrogen-bond donors (Lipinski definition) is 1. The maximum atomic E-state index is 5.66. The van der Waals surface area contributed by atoms with Crippen molar-refractivity contribution >= 4 is 29.9 Å². The molecule has 2 fully saturated rings. The lowest BCUT2D eigenvalue weighted by Gasteiger charge is -2.29. The highest BCUT2D eigenvalue weighted by Crippen LogP contribution is 2.23. The topological polar surface area (TPSA) is 40.1 Å². The van der Waals surface area contributed by atoms with E-state index in [4.69, 9.17) is 9.73 Å². The average molecular weight is 466 g/mol. The normalized spacial score (nSPS) is 23.6. The van der Waals surface area contributed by atoms with Crippen molar-refractivity contribution in [1.82, 2.24) is 15.1 Å². The first-order valence-electron chi connectivity index (χ1n) is 9.72. The highest BCUT2D eigenvalue weighted by molar-refractivity contribution is 14.0. The van der Waals surface area contributed by atoms with Gasteiger partial charge >= 0.3 is 0 Å². The molecule has 0 spiro atoms. The lowest BCUT2D eigenvalue weighted by Crippen LogP contribution is -2.42. The third-order valence-corrected chi connectivity index (χ3v) is 5.29. The second kappa shape index (κ2) is 10.9. The number of nitrogens with zero attached hydrogens (tertiary/aromatic N) is 3. The third kappa shape index (κ3) is 7.21. The van der Waals surface area contributed by atoms with Gasteiger partial charge in [-0.15, -0.1) is 24.0 Å². The molecule has 0 radical (unpaired) electrons. The number of ether oxygens (including phenoxy) is 1. The van der Waals surface area contributed by atoms with E-state index in [1.54, 1.807) is 7.11 Å². The molecule has 2 atom stereocenters. The van der Waals surface area contributed by atoms with Gasteiger partial charge in [0.05, 0.1) is 12.6 Å². The van der Waals surface area contributed by atoms with Crippen molar-refractivity contribution in [2.45, 2.75) is 53.1 Å². The summed E-state index contributed by atoms with van der Waals surface area (Å²) in [6.07, 6.45) is 4.19. The van der Waals surface area contributed by atoms with Gasteiger partial charge in [0.1, 0.15) is 0 Å². The zero-order chi connectivity index (χ0) is 17.6. The van der Waals surface area contributed by atoms with Crippen LogP contribution in [0.25, 0.3) is 0 Å². The molecule has 5 nitrogen and oxygen atoms in total. The van der Waals surface area contributed by atoms with Gasteiger partial charge < -0.3 is 19.9 Å². The van der Waals surface area contributed by atoms with E-state index in [-0.39, 0.29) is 35.5 Å².